The van der Waals surface area contributed by atoms with Gasteiger partial charge in [0.25, 0.3) is 0 Å². The molecule has 45 heavy (non-hydrogen) atoms. The SMILES string of the molecule is CC(=O)O[C@@H]1CC(C)=C(/C=C/C(C)=C/C=C/C(C)=C/C=C/C=C(C)/C=C/C=C(C)/C=C/[C@H]2C(C)=C[C@@H](O)CC2(C)C)C(C)(C)C1. The van der Waals surface area contributed by atoms with E-state index in [9.17, 15) is 9.90 Å². The van der Waals surface area contributed by atoms with Crippen molar-refractivity contribution in [1.29, 1.82) is 0 Å². The van der Waals surface area contributed by atoms with Crippen LogP contribution in [0.1, 0.15) is 95.4 Å². The van der Waals surface area contributed by atoms with Gasteiger partial charge in [-0.3, -0.25) is 4.79 Å². The first kappa shape index (κ1) is 37.8. The fraction of sp³-hybridized carbons (Fsp3) is 0.452. The molecule has 3 nitrogen and oxygen atoms in total. The molecule has 244 valence electrons. The van der Waals surface area contributed by atoms with Crippen LogP contribution in [0.3, 0.4) is 0 Å². The average molecular weight is 611 g/mol. The molecule has 0 saturated heterocycles. The molecular weight excluding hydrogens is 552 g/mol. The molecule has 3 heteroatoms. The van der Waals surface area contributed by atoms with Crippen LogP contribution in [0.5, 0.6) is 0 Å². The predicted molar refractivity (Wildman–Crippen MR) is 194 cm³/mol. The summed E-state index contributed by atoms with van der Waals surface area (Å²) in [6.07, 6.45) is 34.0. The first-order valence-electron chi connectivity index (χ1n) is 16.3. The van der Waals surface area contributed by atoms with E-state index in [1.165, 1.54) is 45.9 Å². The van der Waals surface area contributed by atoms with E-state index in [4.69, 9.17) is 4.74 Å². The van der Waals surface area contributed by atoms with Crippen molar-refractivity contribution in [1.82, 2.24) is 0 Å². The van der Waals surface area contributed by atoms with E-state index in [1.807, 2.05) is 6.08 Å². The molecule has 0 aromatic rings. The van der Waals surface area contributed by atoms with Gasteiger partial charge in [0.05, 0.1) is 6.10 Å². The lowest BCUT2D eigenvalue weighted by atomic mass is 9.67. The van der Waals surface area contributed by atoms with Gasteiger partial charge in [0.15, 0.2) is 0 Å². The maximum Gasteiger partial charge on any atom is 0.302 e. The normalized spacial score (nSPS) is 25.4. The number of hydrogen-bond donors (Lipinski definition) is 1. The molecule has 0 amide bonds. The smallest absolute Gasteiger partial charge is 0.302 e. The summed E-state index contributed by atoms with van der Waals surface area (Å²) in [6, 6.07) is 0. The second kappa shape index (κ2) is 17.3. The Labute approximate surface area is 274 Å². The molecule has 0 fully saturated rings. The van der Waals surface area contributed by atoms with Crippen molar-refractivity contribution in [3.63, 3.8) is 0 Å². The van der Waals surface area contributed by atoms with Gasteiger partial charge in [-0.1, -0.05) is 152 Å². The number of aliphatic hydroxyl groups is 1. The lowest BCUT2D eigenvalue weighted by molar-refractivity contribution is -0.147. The first-order chi connectivity index (χ1) is 21.0. The third kappa shape index (κ3) is 13.2. The van der Waals surface area contributed by atoms with Gasteiger partial charge < -0.3 is 9.84 Å². The number of hydrogen-bond acceptors (Lipinski definition) is 3. The van der Waals surface area contributed by atoms with E-state index in [-0.39, 0.29) is 29.0 Å². The zero-order chi connectivity index (χ0) is 33.8. The van der Waals surface area contributed by atoms with E-state index in [1.54, 1.807) is 0 Å². The van der Waals surface area contributed by atoms with Gasteiger partial charge in [-0.15, -0.1) is 0 Å². The van der Waals surface area contributed by atoms with Gasteiger partial charge in [-0.05, 0) is 70.8 Å². The van der Waals surface area contributed by atoms with Gasteiger partial charge in [0.1, 0.15) is 6.10 Å². The van der Waals surface area contributed by atoms with E-state index < -0.39 is 0 Å². The Kier molecular flexibility index (Phi) is 14.5. The van der Waals surface area contributed by atoms with E-state index in [0.29, 0.717) is 5.92 Å². The maximum atomic E-state index is 11.4. The van der Waals surface area contributed by atoms with Crippen LogP contribution in [-0.4, -0.2) is 23.3 Å². The zero-order valence-corrected chi connectivity index (χ0v) is 29.8. The van der Waals surface area contributed by atoms with Crippen LogP contribution >= 0.6 is 0 Å². The molecule has 0 aliphatic heterocycles. The lowest BCUT2D eigenvalue weighted by Crippen LogP contribution is -2.32. The highest BCUT2D eigenvalue weighted by molar-refractivity contribution is 5.66. The van der Waals surface area contributed by atoms with Crippen LogP contribution in [0.4, 0.5) is 0 Å². The van der Waals surface area contributed by atoms with Crippen molar-refractivity contribution in [3.05, 3.63) is 130 Å². The highest BCUT2D eigenvalue weighted by Crippen LogP contribution is 2.43. The number of aliphatic hydroxyl groups excluding tert-OH is 1. The van der Waals surface area contributed by atoms with Gasteiger partial charge in [0, 0.05) is 19.3 Å². The van der Waals surface area contributed by atoms with Crippen LogP contribution < -0.4 is 0 Å². The Morgan fingerprint density at radius 3 is 1.80 bits per heavy atom. The van der Waals surface area contributed by atoms with E-state index in [2.05, 4.69) is 154 Å². The summed E-state index contributed by atoms with van der Waals surface area (Å²) in [6.45, 7) is 23.1. The van der Waals surface area contributed by atoms with Crippen LogP contribution in [-0.2, 0) is 9.53 Å². The standard InChI is InChI=1S/C42H58O3/c1-30(18-14-20-32(3)22-24-39-34(5)26-37(44)28-41(39,8)9)16-12-13-17-31(2)19-15-21-33(4)23-25-40-35(6)27-38(45-36(7)43)29-42(40,10)11/h12-26,37-39,44H,27-29H2,1-11H3/b13-12+,18-14+,19-15+,24-22+,25-23+,30-16+,31-17+,32-20+,33-21+/t37-,38-,39+/m1/s1. The molecule has 1 N–H and O–H groups in total. The van der Waals surface area contributed by atoms with Crippen molar-refractivity contribution in [2.75, 3.05) is 0 Å². The molecule has 0 aromatic heterocycles. The van der Waals surface area contributed by atoms with Crippen molar-refractivity contribution in [2.24, 2.45) is 16.7 Å². The van der Waals surface area contributed by atoms with Crippen molar-refractivity contribution >= 4 is 5.97 Å². The Hall–Kier alpha value is -3.43. The molecule has 0 saturated carbocycles. The van der Waals surface area contributed by atoms with Crippen LogP contribution in [0.25, 0.3) is 0 Å². The molecule has 0 aromatic carbocycles. The van der Waals surface area contributed by atoms with E-state index >= 15 is 0 Å². The minimum Gasteiger partial charge on any atom is -0.462 e. The molecule has 2 aliphatic carbocycles. The maximum absolute atomic E-state index is 11.4. The number of allylic oxidation sites excluding steroid dienone is 20. The van der Waals surface area contributed by atoms with Gasteiger partial charge in [-0.2, -0.15) is 0 Å². The third-order valence-electron chi connectivity index (χ3n) is 8.65. The second-order valence-corrected chi connectivity index (χ2v) is 14.3. The summed E-state index contributed by atoms with van der Waals surface area (Å²) < 4.78 is 5.51. The molecule has 0 bridgehead atoms. The molecule has 0 heterocycles. The van der Waals surface area contributed by atoms with Crippen LogP contribution in [0.15, 0.2) is 130 Å². The van der Waals surface area contributed by atoms with Crippen LogP contribution in [0.2, 0.25) is 0 Å². The van der Waals surface area contributed by atoms with Crippen LogP contribution in [0, 0.1) is 16.7 Å². The zero-order valence-electron chi connectivity index (χ0n) is 29.8. The highest BCUT2D eigenvalue weighted by Gasteiger charge is 2.35. The summed E-state index contributed by atoms with van der Waals surface area (Å²) in [5, 5.41) is 10.1. The predicted octanol–water partition coefficient (Wildman–Crippen LogP) is 11.0. The minimum absolute atomic E-state index is 0.0346. The topological polar surface area (TPSA) is 46.5 Å². The van der Waals surface area contributed by atoms with Crippen molar-refractivity contribution < 1.29 is 14.6 Å². The highest BCUT2D eigenvalue weighted by atomic mass is 16.5. The Morgan fingerprint density at radius 1 is 0.778 bits per heavy atom. The summed E-state index contributed by atoms with van der Waals surface area (Å²) in [7, 11) is 0. The largest absolute Gasteiger partial charge is 0.462 e. The molecular formula is C42H58O3. The number of carbonyl (C=O) groups excluding carboxylic acids is 1. The summed E-state index contributed by atoms with van der Waals surface area (Å²) in [4.78, 5) is 11.4. The summed E-state index contributed by atoms with van der Waals surface area (Å²) >= 11 is 0. The first-order valence-corrected chi connectivity index (χ1v) is 16.3. The molecule has 0 unspecified atom stereocenters. The Balaban J connectivity index is 1.91. The fourth-order valence-corrected chi connectivity index (χ4v) is 6.43. The van der Waals surface area contributed by atoms with E-state index in [0.717, 1.165) is 19.3 Å². The molecule has 2 rings (SSSR count). The number of carbonyl (C=O) groups is 1. The van der Waals surface area contributed by atoms with Crippen molar-refractivity contribution in [3.8, 4) is 0 Å². The quantitative estimate of drug-likeness (QED) is 0.144. The molecule has 0 spiro atoms. The van der Waals surface area contributed by atoms with Gasteiger partial charge in [0.2, 0.25) is 0 Å². The number of rotatable bonds is 11. The monoisotopic (exact) mass is 610 g/mol. The lowest BCUT2D eigenvalue weighted by Gasteiger charge is -2.38. The Morgan fingerprint density at radius 2 is 1.29 bits per heavy atom. The second-order valence-electron chi connectivity index (χ2n) is 14.3. The third-order valence-corrected chi connectivity index (χ3v) is 8.65. The fourth-order valence-electron chi connectivity index (χ4n) is 6.43. The molecule has 3 atom stereocenters. The van der Waals surface area contributed by atoms with Gasteiger partial charge in [-0.25, -0.2) is 0 Å². The Bertz CT molecular complexity index is 1390. The van der Waals surface area contributed by atoms with Gasteiger partial charge >= 0.3 is 5.97 Å². The van der Waals surface area contributed by atoms with Crippen molar-refractivity contribution in [2.45, 2.75) is 108 Å². The summed E-state index contributed by atoms with van der Waals surface area (Å²) in [5.74, 6) is 0.139. The number of esters is 1. The minimum atomic E-state index is -0.335. The molecule has 0 radical (unpaired) electrons. The average Bonchev–Trinajstić information content (AvgIpc) is 2.88. The number of ether oxygens (including phenoxy) is 1. The summed E-state index contributed by atoms with van der Waals surface area (Å²) in [5.41, 5.74) is 8.62. The molecule has 2 aliphatic rings.